The SMILES string of the molecule is C[C](C)CC(C)CC(C)C. The van der Waals surface area contributed by atoms with Gasteiger partial charge in [0.05, 0.1) is 0 Å². The van der Waals surface area contributed by atoms with Gasteiger partial charge in [-0.2, -0.15) is 0 Å². The van der Waals surface area contributed by atoms with Crippen molar-refractivity contribution in [3.05, 3.63) is 5.92 Å². The van der Waals surface area contributed by atoms with Gasteiger partial charge in [-0.25, -0.2) is 0 Å². The van der Waals surface area contributed by atoms with Crippen LogP contribution in [0, 0.1) is 17.8 Å². The Morgan fingerprint density at radius 3 is 1.90 bits per heavy atom. The summed E-state index contributed by atoms with van der Waals surface area (Å²) < 4.78 is 0. The Bertz CT molecular complexity index is 62.1. The molecule has 0 bridgehead atoms. The predicted octanol–water partition coefficient (Wildman–Crippen LogP) is 3.67. The maximum Gasteiger partial charge on any atom is -0.0300 e. The highest BCUT2D eigenvalue weighted by molar-refractivity contribution is 4.79. The molecule has 0 N–H and O–H groups in total. The summed E-state index contributed by atoms with van der Waals surface area (Å²) >= 11 is 0. The molecule has 0 saturated carbocycles. The van der Waals surface area contributed by atoms with Gasteiger partial charge in [-0.05, 0) is 30.6 Å². The van der Waals surface area contributed by atoms with Crippen LogP contribution in [0.1, 0.15) is 47.5 Å². The van der Waals surface area contributed by atoms with Crippen molar-refractivity contribution in [1.82, 2.24) is 0 Å². The smallest absolute Gasteiger partial charge is 0.0300 e. The molecular formula is C10H21. The second-order valence-corrected chi connectivity index (χ2v) is 4.15. The molecule has 1 atom stereocenters. The zero-order valence-corrected chi connectivity index (χ0v) is 8.07. The monoisotopic (exact) mass is 141 g/mol. The second-order valence-electron chi connectivity index (χ2n) is 4.15. The van der Waals surface area contributed by atoms with Crippen molar-refractivity contribution in [2.45, 2.75) is 47.5 Å². The predicted molar refractivity (Wildman–Crippen MR) is 47.8 cm³/mol. The average Bonchev–Trinajstić information content (AvgIpc) is 1.58. The van der Waals surface area contributed by atoms with E-state index in [2.05, 4.69) is 34.6 Å². The molecule has 0 aliphatic rings. The van der Waals surface area contributed by atoms with Gasteiger partial charge < -0.3 is 0 Å². The van der Waals surface area contributed by atoms with Gasteiger partial charge in [-0.1, -0.05) is 34.6 Å². The summed E-state index contributed by atoms with van der Waals surface area (Å²) in [5.41, 5.74) is 0. The minimum Gasteiger partial charge on any atom is -0.0628 e. The fourth-order valence-electron chi connectivity index (χ4n) is 1.58. The first-order valence-electron chi connectivity index (χ1n) is 4.31. The molecular weight excluding hydrogens is 120 g/mol. The lowest BCUT2D eigenvalue weighted by atomic mass is 9.91. The number of rotatable bonds is 4. The number of hydrogen-bond acceptors (Lipinski definition) is 0. The molecule has 61 valence electrons. The molecule has 0 saturated heterocycles. The molecule has 0 heteroatoms. The molecule has 0 aromatic carbocycles. The van der Waals surface area contributed by atoms with Crippen molar-refractivity contribution in [2.24, 2.45) is 11.8 Å². The molecule has 0 nitrogen and oxygen atoms in total. The normalized spacial score (nSPS) is 12.0. The van der Waals surface area contributed by atoms with Crippen LogP contribution in [-0.4, -0.2) is 0 Å². The highest BCUT2D eigenvalue weighted by Crippen LogP contribution is 2.19. The van der Waals surface area contributed by atoms with E-state index in [1.165, 1.54) is 12.8 Å². The van der Waals surface area contributed by atoms with Crippen LogP contribution < -0.4 is 0 Å². The first-order chi connectivity index (χ1) is 4.52. The quantitative estimate of drug-likeness (QED) is 0.560. The lowest BCUT2D eigenvalue weighted by Crippen LogP contribution is -2.02. The van der Waals surface area contributed by atoms with Crippen LogP contribution in [0.3, 0.4) is 0 Å². The molecule has 0 heterocycles. The minimum atomic E-state index is 0.856. The van der Waals surface area contributed by atoms with Crippen molar-refractivity contribution in [2.75, 3.05) is 0 Å². The van der Waals surface area contributed by atoms with Gasteiger partial charge in [0.25, 0.3) is 0 Å². The Balaban J connectivity index is 3.34. The topological polar surface area (TPSA) is 0 Å². The van der Waals surface area contributed by atoms with Crippen LogP contribution in [0.5, 0.6) is 0 Å². The first-order valence-corrected chi connectivity index (χ1v) is 4.31. The van der Waals surface area contributed by atoms with E-state index in [9.17, 15) is 0 Å². The van der Waals surface area contributed by atoms with E-state index in [-0.39, 0.29) is 0 Å². The van der Waals surface area contributed by atoms with Crippen LogP contribution in [0.2, 0.25) is 0 Å². The van der Waals surface area contributed by atoms with Crippen LogP contribution in [0.4, 0.5) is 0 Å². The van der Waals surface area contributed by atoms with Crippen molar-refractivity contribution in [3.8, 4) is 0 Å². The molecule has 0 aromatic rings. The molecule has 10 heavy (non-hydrogen) atoms. The van der Waals surface area contributed by atoms with E-state index >= 15 is 0 Å². The Morgan fingerprint density at radius 1 is 1.10 bits per heavy atom. The summed E-state index contributed by atoms with van der Waals surface area (Å²) in [6, 6.07) is 0. The van der Waals surface area contributed by atoms with Gasteiger partial charge in [0, 0.05) is 0 Å². The van der Waals surface area contributed by atoms with Gasteiger partial charge >= 0.3 is 0 Å². The lowest BCUT2D eigenvalue weighted by Gasteiger charge is -2.15. The van der Waals surface area contributed by atoms with Gasteiger partial charge in [0.15, 0.2) is 0 Å². The van der Waals surface area contributed by atoms with E-state index in [1.54, 1.807) is 5.92 Å². The third-order valence-corrected chi connectivity index (χ3v) is 1.63. The molecule has 0 spiro atoms. The van der Waals surface area contributed by atoms with E-state index in [0.29, 0.717) is 0 Å². The summed E-state index contributed by atoms with van der Waals surface area (Å²) in [6.07, 6.45) is 2.67. The standard InChI is InChI=1S/C10H21/c1-8(2)6-10(5)7-9(3)4/h8,10H,6-7H2,1-5H3. The average molecular weight is 141 g/mol. The van der Waals surface area contributed by atoms with Crippen molar-refractivity contribution in [1.29, 1.82) is 0 Å². The van der Waals surface area contributed by atoms with Gasteiger partial charge in [-0.3, -0.25) is 0 Å². The molecule has 0 aliphatic heterocycles. The Kier molecular flexibility index (Phi) is 4.76. The molecule has 0 amide bonds. The molecule has 0 fully saturated rings. The summed E-state index contributed by atoms with van der Waals surface area (Å²) in [6.45, 7) is 11.4. The highest BCUT2D eigenvalue weighted by atomic mass is 14.1. The van der Waals surface area contributed by atoms with Gasteiger partial charge in [0.2, 0.25) is 0 Å². The van der Waals surface area contributed by atoms with Crippen LogP contribution >= 0.6 is 0 Å². The zero-order valence-electron chi connectivity index (χ0n) is 8.07. The largest absolute Gasteiger partial charge is 0.0628 e. The molecule has 1 unspecified atom stereocenters. The fraction of sp³-hybridized carbons (Fsp3) is 0.900. The van der Waals surface area contributed by atoms with Crippen LogP contribution in [0.15, 0.2) is 0 Å². The van der Waals surface area contributed by atoms with Crippen molar-refractivity contribution < 1.29 is 0 Å². The summed E-state index contributed by atoms with van der Waals surface area (Å²) in [5.74, 6) is 3.30. The highest BCUT2D eigenvalue weighted by Gasteiger charge is 2.06. The Hall–Kier alpha value is 0. The second kappa shape index (κ2) is 4.76. The van der Waals surface area contributed by atoms with Gasteiger partial charge in [0.1, 0.15) is 0 Å². The van der Waals surface area contributed by atoms with E-state index in [1.807, 2.05) is 0 Å². The maximum atomic E-state index is 2.34. The molecule has 1 radical (unpaired) electrons. The third-order valence-electron chi connectivity index (χ3n) is 1.63. The van der Waals surface area contributed by atoms with E-state index in [4.69, 9.17) is 0 Å². The van der Waals surface area contributed by atoms with Crippen molar-refractivity contribution in [3.63, 3.8) is 0 Å². The summed E-state index contributed by atoms with van der Waals surface area (Å²) in [7, 11) is 0. The lowest BCUT2D eigenvalue weighted by molar-refractivity contribution is 0.422. The Morgan fingerprint density at radius 2 is 1.60 bits per heavy atom. The third kappa shape index (κ3) is 6.12. The zero-order chi connectivity index (χ0) is 8.15. The van der Waals surface area contributed by atoms with Crippen LogP contribution in [-0.2, 0) is 0 Å². The molecule has 0 aliphatic carbocycles. The Labute approximate surface area is 66.0 Å². The summed E-state index contributed by atoms with van der Waals surface area (Å²) in [4.78, 5) is 0. The van der Waals surface area contributed by atoms with Gasteiger partial charge in [-0.15, -0.1) is 0 Å². The minimum absolute atomic E-state index is 0.856. The number of hydrogen-bond donors (Lipinski definition) is 0. The molecule has 0 aromatic heterocycles. The maximum absolute atomic E-state index is 2.34. The van der Waals surface area contributed by atoms with E-state index < -0.39 is 0 Å². The van der Waals surface area contributed by atoms with Crippen LogP contribution in [0.25, 0.3) is 0 Å². The fourth-order valence-corrected chi connectivity index (χ4v) is 1.58. The van der Waals surface area contributed by atoms with E-state index in [0.717, 1.165) is 11.8 Å². The first kappa shape index (κ1) is 10.0. The van der Waals surface area contributed by atoms with Crippen molar-refractivity contribution >= 4 is 0 Å². The molecule has 0 rings (SSSR count). The summed E-state index contributed by atoms with van der Waals surface area (Å²) in [5, 5.41) is 0.